The molecule has 0 saturated carbocycles. The Labute approximate surface area is 147 Å². The van der Waals surface area contributed by atoms with Gasteiger partial charge in [-0.15, -0.1) is 0 Å². The van der Waals surface area contributed by atoms with E-state index in [-0.39, 0.29) is 17.0 Å². The molecule has 8 nitrogen and oxygen atoms in total. The highest BCUT2D eigenvalue weighted by Gasteiger charge is 2.21. The van der Waals surface area contributed by atoms with Crippen molar-refractivity contribution in [1.29, 1.82) is 0 Å². The largest absolute Gasteiger partial charge is 0.468 e. The van der Waals surface area contributed by atoms with Gasteiger partial charge in [-0.25, -0.2) is 22.8 Å². The van der Waals surface area contributed by atoms with Crippen molar-refractivity contribution in [2.24, 2.45) is 0 Å². The maximum Gasteiger partial charge on any atom is 0.276 e. The Morgan fingerprint density at radius 1 is 1.32 bits per heavy atom. The fraction of sp³-hybridized carbons (Fsp3) is 0.200. The van der Waals surface area contributed by atoms with E-state index in [9.17, 15) is 13.2 Å². The number of hydrogen-bond donors (Lipinski definition) is 2. The zero-order chi connectivity index (χ0) is 17.4. The molecule has 1 aliphatic rings. The average Bonchev–Trinajstić information content (AvgIpc) is 3.33. The number of pyridine rings is 1. The third-order valence-corrected chi connectivity index (χ3v) is 6.21. The lowest BCUT2D eigenvalue weighted by molar-refractivity contribution is 0.498. The summed E-state index contributed by atoms with van der Waals surface area (Å²) < 4.78 is 33.4. The van der Waals surface area contributed by atoms with Crippen molar-refractivity contribution in [2.45, 2.75) is 22.9 Å². The van der Waals surface area contributed by atoms with Gasteiger partial charge in [0.15, 0.2) is 5.82 Å². The molecule has 25 heavy (non-hydrogen) atoms. The fourth-order valence-corrected chi connectivity index (χ4v) is 4.51. The number of fused-ring (bicyclic) bond motifs is 1. The molecule has 0 fully saturated rings. The van der Waals surface area contributed by atoms with E-state index in [2.05, 4.69) is 14.8 Å². The molecule has 130 valence electrons. The summed E-state index contributed by atoms with van der Waals surface area (Å²) >= 11 is 1.68. The van der Waals surface area contributed by atoms with E-state index in [1.165, 1.54) is 29.3 Å². The van der Waals surface area contributed by atoms with Gasteiger partial charge in [-0.2, -0.15) is 11.8 Å². The second-order valence-corrected chi connectivity index (χ2v) is 8.21. The lowest BCUT2D eigenvalue weighted by atomic mass is 10.3. The summed E-state index contributed by atoms with van der Waals surface area (Å²) in [6.07, 6.45) is 2.71. The first-order chi connectivity index (χ1) is 12.0. The highest BCUT2D eigenvalue weighted by Crippen LogP contribution is 2.26. The molecule has 0 bridgehead atoms. The number of hydrogen-bond acceptors (Lipinski definition) is 6. The highest BCUT2D eigenvalue weighted by atomic mass is 32.2. The minimum Gasteiger partial charge on any atom is -0.468 e. The van der Waals surface area contributed by atoms with Crippen LogP contribution < -0.4 is 10.3 Å². The number of aromatic nitrogens is 3. The number of thioether (sulfide) groups is 1. The summed E-state index contributed by atoms with van der Waals surface area (Å²) in [4.78, 5) is 16.4. The van der Waals surface area contributed by atoms with Crippen molar-refractivity contribution in [3.8, 4) is 5.82 Å². The van der Waals surface area contributed by atoms with Gasteiger partial charge in [-0.1, -0.05) is 0 Å². The minimum atomic E-state index is -3.72. The van der Waals surface area contributed by atoms with Gasteiger partial charge in [0.05, 0.1) is 24.1 Å². The molecule has 0 amide bonds. The van der Waals surface area contributed by atoms with Crippen LogP contribution in [0.25, 0.3) is 5.82 Å². The van der Waals surface area contributed by atoms with Crippen molar-refractivity contribution < 1.29 is 12.8 Å². The van der Waals surface area contributed by atoms with E-state index >= 15 is 0 Å². The van der Waals surface area contributed by atoms with Gasteiger partial charge >= 0.3 is 0 Å². The van der Waals surface area contributed by atoms with Crippen molar-refractivity contribution in [3.05, 3.63) is 64.1 Å². The summed E-state index contributed by atoms with van der Waals surface area (Å²) in [5, 5.41) is 3.02. The number of aromatic amines is 1. The molecule has 10 heteroatoms. The van der Waals surface area contributed by atoms with Crippen molar-refractivity contribution in [2.75, 3.05) is 0 Å². The summed E-state index contributed by atoms with van der Waals surface area (Å²) in [6.45, 7) is 0.0531. The minimum absolute atomic E-state index is 0.0190. The van der Waals surface area contributed by atoms with E-state index in [1.54, 1.807) is 23.9 Å². The summed E-state index contributed by atoms with van der Waals surface area (Å²) in [5.41, 5.74) is 1.51. The van der Waals surface area contributed by atoms with Gasteiger partial charge in [-0.3, -0.25) is 9.89 Å². The van der Waals surface area contributed by atoms with Gasteiger partial charge in [0.1, 0.15) is 10.7 Å². The van der Waals surface area contributed by atoms with Crippen LogP contribution in [0.4, 0.5) is 0 Å². The number of rotatable bonds is 5. The van der Waals surface area contributed by atoms with Crippen LogP contribution in [0.3, 0.4) is 0 Å². The smallest absolute Gasteiger partial charge is 0.276 e. The molecule has 3 aromatic heterocycles. The van der Waals surface area contributed by atoms with Crippen LogP contribution in [0.2, 0.25) is 0 Å². The molecule has 0 spiro atoms. The lowest BCUT2D eigenvalue weighted by Crippen LogP contribution is -2.23. The van der Waals surface area contributed by atoms with E-state index in [4.69, 9.17) is 4.42 Å². The molecular weight excluding hydrogens is 364 g/mol. The van der Waals surface area contributed by atoms with E-state index < -0.39 is 10.0 Å². The molecule has 1 aliphatic heterocycles. The van der Waals surface area contributed by atoms with Gasteiger partial charge in [0.25, 0.3) is 5.56 Å². The molecule has 0 saturated heterocycles. The van der Waals surface area contributed by atoms with Crippen LogP contribution in [0.15, 0.2) is 50.8 Å². The zero-order valence-corrected chi connectivity index (χ0v) is 14.6. The van der Waals surface area contributed by atoms with E-state index in [0.717, 1.165) is 17.0 Å². The zero-order valence-electron chi connectivity index (χ0n) is 12.9. The van der Waals surface area contributed by atoms with Gasteiger partial charge < -0.3 is 4.42 Å². The van der Waals surface area contributed by atoms with Crippen molar-refractivity contribution in [3.63, 3.8) is 0 Å². The number of nitrogens with zero attached hydrogens (tertiary/aromatic N) is 2. The Bertz CT molecular complexity index is 1050. The molecule has 0 atom stereocenters. The van der Waals surface area contributed by atoms with Crippen molar-refractivity contribution >= 4 is 21.8 Å². The Kier molecular flexibility index (Phi) is 4.02. The van der Waals surface area contributed by atoms with E-state index in [0.29, 0.717) is 17.3 Å². The van der Waals surface area contributed by atoms with Crippen LogP contribution in [0.5, 0.6) is 0 Å². The molecule has 4 rings (SSSR count). The maximum atomic E-state index is 12.3. The van der Waals surface area contributed by atoms with Gasteiger partial charge in [0.2, 0.25) is 10.0 Å². The van der Waals surface area contributed by atoms with Gasteiger partial charge in [0, 0.05) is 17.7 Å². The summed E-state index contributed by atoms with van der Waals surface area (Å²) in [7, 11) is -3.72. The fourth-order valence-electron chi connectivity index (χ4n) is 2.53. The lowest BCUT2D eigenvalue weighted by Gasteiger charge is -2.06. The highest BCUT2D eigenvalue weighted by molar-refractivity contribution is 7.98. The molecular formula is C15H14N4O4S2. The first kappa shape index (κ1) is 16.2. The molecule has 4 heterocycles. The first-order valence-electron chi connectivity index (χ1n) is 7.43. The molecule has 0 aromatic carbocycles. The van der Waals surface area contributed by atoms with Crippen LogP contribution in [0, 0.1) is 0 Å². The molecule has 3 aromatic rings. The number of H-pyrrole nitrogens is 1. The molecule has 0 unspecified atom stereocenters. The van der Waals surface area contributed by atoms with E-state index in [1.807, 2.05) is 0 Å². The van der Waals surface area contributed by atoms with Crippen LogP contribution >= 0.6 is 11.8 Å². The Morgan fingerprint density at radius 3 is 2.88 bits per heavy atom. The quantitative estimate of drug-likeness (QED) is 0.694. The second-order valence-electron chi connectivity index (χ2n) is 5.46. The topological polar surface area (TPSA) is 110 Å². The predicted octanol–water partition coefficient (Wildman–Crippen LogP) is 1.38. The number of nitrogens with one attached hydrogen (secondary N) is 2. The normalized spacial score (nSPS) is 13.9. The standard InChI is InChI=1S/C15H14N4O4S2/c20-15-12-8-24-9-13(12)18-19(15)14-4-3-11(7-16-14)25(21,22)17-6-10-2-1-5-23-10/h1-5,7,17-18H,6,8-9H2. The van der Waals surface area contributed by atoms with Crippen molar-refractivity contribution in [1.82, 2.24) is 19.5 Å². The predicted molar refractivity (Wildman–Crippen MR) is 91.9 cm³/mol. The Morgan fingerprint density at radius 2 is 2.20 bits per heavy atom. The summed E-state index contributed by atoms with van der Waals surface area (Å²) in [6, 6.07) is 6.28. The molecule has 2 N–H and O–H groups in total. The Balaban J connectivity index is 1.56. The third kappa shape index (κ3) is 3.03. The number of sulfonamides is 1. The molecule has 0 radical (unpaired) electrons. The maximum absolute atomic E-state index is 12.3. The third-order valence-electron chi connectivity index (χ3n) is 3.84. The first-order valence-corrected chi connectivity index (χ1v) is 10.1. The average molecular weight is 378 g/mol. The Hall–Kier alpha value is -2.30. The number of furan rings is 1. The van der Waals surface area contributed by atoms with Gasteiger partial charge in [-0.05, 0) is 24.3 Å². The molecule has 0 aliphatic carbocycles. The summed E-state index contributed by atoms with van der Waals surface area (Å²) in [5.74, 6) is 2.31. The SMILES string of the molecule is O=c1c2c([nH]n1-c1ccc(S(=O)(=O)NCc3ccco3)cn1)CSC2. The second kappa shape index (κ2) is 6.21. The van der Waals surface area contributed by atoms with Crippen LogP contribution in [-0.2, 0) is 28.1 Å². The van der Waals surface area contributed by atoms with Crippen LogP contribution in [-0.4, -0.2) is 23.2 Å². The monoisotopic (exact) mass is 378 g/mol. The van der Waals surface area contributed by atoms with Crippen LogP contribution in [0.1, 0.15) is 17.0 Å².